The first kappa shape index (κ1) is 38.5. The van der Waals surface area contributed by atoms with Crippen molar-refractivity contribution in [3.8, 4) is 0 Å². The molecule has 0 saturated heterocycles. The number of carbonyl (C=O) groups excluding carboxylic acids is 5. The molecule has 0 aromatic carbocycles. The van der Waals surface area contributed by atoms with Crippen molar-refractivity contribution in [3.05, 3.63) is 45.9 Å². The van der Waals surface area contributed by atoms with E-state index in [1.54, 1.807) is 6.92 Å². The monoisotopic (exact) mass is 674 g/mol. The summed E-state index contributed by atoms with van der Waals surface area (Å²) in [5, 5.41) is 22.4. The van der Waals surface area contributed by atoms with Gasteiger partial charge in [-0.25, -0.2) is 0 Å². The fourth-order valence-electron chi connectivity index (χ4n) is 4.20. The van der Waals surface area contributed by atoms with Crippen molar-refractivity contribution in [2.45, 2.75) is 26.2 Å². The molecule has 0 aliphatic carbocycles. The highest BCUT2D eigenvalue weighted by Gasteiger charge is 2.16. The summed E-state index contributed by atoms with van der Waals surface area (Å²) in [6, 6.07) is 2.90. The van der Waals surface area contributed by atoms with E-state index in [0.717, 1.165) is 0 Å². The Balaban J connectivity index is 2.12. The largest absolute Gasteiger partial charge is 0.481 e. The summed E-state index contributed by atoms with van der Waals surface area (Å²) in [6.07, 6.45) is 0.192. The van der Waals surface area contributed by atoms with Gasteiger partial charge in [0.05, 0.1) is 24.5 Å². The molecule has 3 heterocycles. The van der Waals surface area contributed by atoms with E-state index in [-0.39, 0.29) is 111 Å². The standard InChI is InChI=1S/C30H42N8O8S/c1-3-21-20(2)36-19-25(40)32-12-17-46-18-13-35-29(45)23-8-7-22(30(47)37-23)28(44)34-11-16-38(15-10-33-27(21)43)14-9-31-24(39)5-4-6-26(41)42/h7-8H,1,4-6,9-19H2,2H3,(H,31,39)(H,32,40)(H,33,43)(H,34,44)(H,35,45)(H,37,47)(H,41,42). The van der Waals surface area contributed by atoms with Crippen molar-refractivity contribution in [2.75, 3.05) is 72.1 Å². The van der Waals surface area contributed by atoms with Crippen LogP contribution in [0.4, 0.5) is 0 Å². The normalized spacial score (nSPS) is 17.0. The number of rotatable bonds is 7. The minimum Gasteiger partial charge on any atom is -0.481 e. The van der Waals surface area contributed by atoms with Crippen LogP contribution >= 0.6 is 12.2 Å². The van der Waals surface area contributed by atoms with Crippen molar-refractivity contribution in [2.24, 2.45) is 4.99 Å². The number of hydrogen-bond donors (Lipinski definition) is 7. The molecule has 0 saturated carbocycles. The zero-order valence-electron chi connectivity index (χ0n) is 26.4. The van der Waals surface area contributed by atoms with Crippen LogP contribution in [0.5, 0.6) is 0 Å². The van der Waals surface area contributed by atoms with E-state index in [2.05, 4.69) is 48.9 Å². The highest BCUT2D eigenvalue weighted by molar-refractivity contribution is 7.71. The molecule has 47 heavy (non-hydrogen) atoms. The molecule has 16 nitrogen and oxygen atoms in total. The Labute approximate surface area is 277 Å². The number of nitrogens with zero attached hydrogens (tertiary/aromatic N) is 2. The Kier molecular flexibility index (Phi) is 17.3. The number of aliphatic imine (C=N–C) groups is 1. The maximum Gasteiger partial charge on any atom is 0.303 e. The van der Waals surface area contributed by atoms with Crippen LogP contribution in [0, 0.1) is 4.64 Å². The highest BCUT2D eigenvalue weighted by atomic mass is 32.1. The van der Waals surface area contributed by atoms with Gasteiger partial charge in [0.25, 0.3) is 17.7 Å². The van der Waals surface area contributed by atoms with Crippen LogP contribution in [0.15, 0.2) is 35.0 Å². The highest BCUT2D eigenvalue weighted by Crippen LogP contribution is 2.04. The fourth-order valence-corrected chi connectivity index (χ4v) is 4.47. The minimum atomic E-state index is -0.974. The van der Waals surface area contributed by atoms with Crippen LogP contribution in [0.1, 0.15) is 47.0 Å². The number of aromatic amines is 1. The lowest BCUT2D eigenvalue weighted by Gasteiger charge is -2.23. The van der Waals surface area contributed by atoms with E-state index in [4.69, 9.17) is 22.1 Å². The predicted molar refractivity (Wildman–Crippen MR) is 175 cm³/mol. The summed E-state index contributed by atoms with van der Waals surface area (Å²) in [4.78, 5) is 82.0. The molecule has 2 aliphatic heterocycles. The van der Waals surface area contributed by atoms with Crippen molar-refractivity contribution in [3.63, 3.8) is 0 Å². The lowest BCUT2D eigenvalue weighted by molar-refractivity contribution is -0.137. The van der Waals surface area contributed by atoms with Gasteiger partial charge in [0.2, 0.25) is 11.8 Å². The summed E-state index contributed by atoms with van der Waals surface area (Å²) in [6.45, 7) is 7.40. The number of carboxylic acid groups (broad SMARTS) is 1. The summed E-state index contributed by atoms with van der Waals surface area (Å²) >= 11 is 5.30. The summed E-state index contributed by atoms with van der Waals surface area (Å²) in [5.74, 6) is -3.00. The minimum absolute atomic E-state index is 0.0763. The molecule has 0 radical (unpaired) electrons. The van der Waals surface area contributed by atoms with Crippen molar-refractivity contribution in [1.82, 2.24) is 36.5 Å². The topological polar surface area (TPSA) is 223 Å². The van der Waals surface area contributed by atoms with Gasteiger partial charge in [-0.2, -0.15) is 0 Å². The first-order chi connectivity index (χ1) is 22.5. The zero-order valence-corrected chi connectivity index (χ0v) is 27.2. The first-order valence-electron chi connectivity index (χ1n) is 15.1. The van der Waals surface area contributed by atoms with Gasteiger partial charge in [-0.3, -0.25) is 38.7 Å². The average Bonchev–Trinajstić information content (AvgIpc) is 3.02. The van der Waals surface area contributed by atoms with Gasteiger partial charge in [0.1, 0.15) is 22.5 Å². The van der Waals surface area contributed by atoms with E-state index < -0.39 is 23.7 Å². The zero-order chi connectivity index (χ0) is 34.6. The number of aromatic nitrogens is 1. The number of fused-ring (bicyclic) bond motifs is 22. The molecule has 5 amide bonds. The van der Waals surface area contributed by atoms with Gasteiger partial charge in [-0.15, -0.1) is 5.73 Å². The molecule has 3 rings (SSSR count). The summed E-state index contributed by atoms with van der Waals surface area (Å²) in [7, 11) is 0. The lowest BCUT2D eigenvalue weighted by atomic mass is 10.1. The second kappa shape index (κ2) is 21.2. The number of amides is 5. The van der Waals surface area contributed by atoms with Crippen LogP contribution < -0.4 is 26.6 Å². The van der Waals surface area contributed by atoms with Gasteiger partial charge in [0, 0.05) is 65.2 Å². The molecule has 1 aromatic heterocycles. The number of carboxylic acids is 1. The molecule has 7 N–H and O–H groups in total. The van der Waals surface area contributed by atoms with Crippen molar-refractivity contribution < 1.29 is 38.6 Å². The Morgan fingerprint density at radius 1 is 1.00 bits per heavy atom. The molecule has 2 bridgehead atoms. The third-order valence-electron chi connectivity index (χ3n) is 6.70. The number of ether oxygens (including phenoxy) is 1. The number of carbonyl (C=O) groups is 6. The average molecular weight is 675 g/mol. The number of pyridine rings is 1. The van der Waals surface area contributed by atoms with Gasteiger partial charge in [0.15, 0.2) is 0 Å². The Bertz CT molecular complexity index is 1440. The van der Waals surface area contributed by atoms with E-state index in [1.807, 2.05) is 4.90 Å². The van der Waals surface area contributed by atoms with Gasteiger partial charge >= 0.3 is 5.97 Å². The Morgan fingerprint density at radius 2 is 1.66 bits per heavy atom. The van der Waals surface area contributed by atoms with Crippen LogP contribution in [-0.4, -0.2) is 128 Å². The SMILES string of the molecule is C=C=C1C(=O)NCCN(CCNC(=O)CCCC(=O)O)CCNC(=O)c2ccc([nH]c2=S)C(=O)NCCOCCNC(=O)CN=C1C. The van der Waals surface area contributed by atoms with Crippen LogP contribution in [-0.2, 0) is 23.9 Å². The van der Waals surface area contributed by atoms with Crippen LogP contribution in [0.2, 0.25) is 0 Å². The molecule has 256 valence electrons. The Hall–Kier alpha value is -4.70. The molecule has 1 aromatic rings. The van der Waals surface area contributed by atoms with E-state index >= 15 is 0 Å². The first-order valence-corrected chi connectivity index (χ1v) is 15.5. The van der Waals surface area contributed by atoms with Crippen molar-refractivity contribution in [1.29, 1.82) is 0 Å². The van der Waals surface area contributed by atoms with Gasteiger partial charge in [-0.05, 0) is 25.5 Å². The number of aliphatic carboxylic acids is 1. The summed E-state index contributed by atoms with van der Waals surface area (Å²) < 4.78 is 5.51. The molecule has 17 heteroatoms. The second-order valence-electron chi connectivity index (χ2n) is 10.2. The maximum absolute atomic E-state index is 12.9. The number of nitrogens with one attached hydrogen (secondary N) is 6. The molecule has 0 spiro atoms. The molecular weight excluding hydrogens is 632 g/mol. The summed E-state index contributed by atoms with van der Waals surface area (Å²) in [5.41, 5.74) is 3.27. The smallest absolute Gasteiger partial charge is 0.303 e. The van der Waals surface area contributed by atoms with E-state index in [0.29, 0.717) is 19.6 Å². The van der Waals surface area contributed by atoms with Gasteiger partial charge in [-0.1, -0.05) is 18.8 Å². The number of hydrogen-bond acceptors (Lipinski definition) is 10. The van der Waals surface area contributed by atoms with Crippen LogP contribution in [0.25, 0.3) is 0 Å². The third-order valence-corrected chi connectivity index (χ3v) is 7.02. The molecule has 0 atom stereocenters. The maximum atomic E-state index is 12.9. The molecule has 0 unspecified atom stereocenters. The number of H-pyrrole nitrogens is 1. The molecule has 0 fully saturated rings. The molecule has 2 aliphatic rings. The van der Waals surface area contributed by atoms with Gasteiger partial charge < -0.3 is 41.4 Å². The third kappa shape index (κ3) is 15.0. The Morgan fingerprint density at radius 3 is 2.32 bits per heavy atom. The van der Waals surface area contributed by atoms with E-state index in [1.165, 1.54) is 12.1 Å². The second-order valence-corrected chi connectivity index (χ2v) is 10.6. The fraction of sp³-hybridized carbons (Fsp3) is 0.500. The van der Waals surface area contributed by atoms with Crippen LogP contribution in [0.3, 0.4) is 0 Å². The quantitative estimate of drug-likeness (QED) is 0.0835. The van der Waals surface area contributed by atoms with Crippen molar-refractivity contribution >= 4 is 53.4 Å². The van der Waals surface area contributed by atoms with E-state index in [9.17, 15) is 28.8 Å². The predicted octanol–water partition coefficient (Wildman–Crippen LogP) is -0.688. The molecular formula is C30H42N8O8S. The lowest BCUT2D eigenvalue weighted by Crippen LogP contribution is -2.43.